The van der Waals surface area contributed by atoms with Crippen LogP contribution < -0.4 is 0 Å². The summed E-state index contributed by atoms with van der Waals surface area (Å²) in [6.07, 6.45) is -1.16. The van der Waals surface area contributed by atoms with Gasteiger partial charge in [-0.1, -0.05) is 6.07 Å². The van der Waals surface area contributed by atoms with E-state index in [-0.39, 0.29) is 0 Å². The Bertz CT molecular complexity index is 309. The molecule has 0 radical (unpaired) electrons. The SMILES string of the molecule is CC(=O)O.CC(O)c1cccc(C(C)O)n1. The average molecular weight is 227 g/mol. The van der Waals surface area contributed by atoms with Gasteiger partial charge in [0.2, 0.25) is 0 Å². The monoisotopic (exact) mass is 227 g/mol. The summed E-state index contributed by atoms with van der Waals surface area (Å²) in [7, 11) is 0. The third-order valence-corrected chi connectivity index (χ3v) is 1.65. The van der Waals surface area contributed by atoms with Crippen LogP contribution in [0.3, 0.4) is 0 Å². The summed E-state index contributed by atoms with van der Waals surface area (Å²) in [5.74, 6) is -0.833. The van der Waals surface area contributed by atoms with Gasteiger partial charge in [0.05, 0.1) is 23.6 Å². The molecule has 90 valence electrons. The number of carboxylic acid groups (broad SMARTS) is 1. The maximum atomic E-state index is 9.19. The van der Waals surface area contributed by atoms with Crippen LogP contribution in [0, 0.1) is 0 Å². The molecule has 5 nitrogen and oxygen atoms in total. The van der Waals surface area contributed by atoms with Crippen molar-refractivity contribution < 1.29 is 20.1 Å². The van der Waals surface area contributed by atoms with Crippen molar-refractivity contribution in [3.8, 4) is 0 Å². The van der Waals surface area contributed by atoms with Crippen LogP contribution >= 0.6 is 0 Å². The van der Waals surface area contributed by atoms with Gasteiger partial charge in [-0.05, 0) is 26.0 Å². The van der Waals surface area contributed by atoms with Crippen LogP contribution in [-0.2, 0) is 4.79 Å². The first kappa shape index (κ1) is 14.5. The molecular weight excluding hydrogens is 210 g/mol. The van der Waals surface area contributed by atoms with Crippen molar-refractivity contribution >= 4 is 5.97 Å². The Balaban J connectivity index is 0.000000487. The molecule has 0 aliphatic rings. The van der Waals surface area contributed by atoms with Crippen molar-refractivity contribution in [2.75, 3.05) is 0 Å². The van der Waals surface area contributed by atoms with E-state index in [0.29, 0.717) is 11.4 Å². The van der Waals surface area contributed by atoms with Crippen LogP contribution in [0.1, 0.15) is 44.4 Å². The number of carbonyl (C=O) groups is 1. The van der Waals surface area contributed by atoms with Crippen LogP contribution in [0.15, 0.2) is 18.2 Å². The lowest BCUT2D eigenvalue weighted by Crippen LogP contribution is -2.01. The first-order valence-electron chi connectivity index (χ1n) is 4.87. The number of carboxylic acids is 1. The van der Waals surface area contributed by atoms with Crippen molar-refractivity contribution in [1.29, 1.82) is 0 Å². The molecule has 0 amide bonds. The predicted octanol–water partition coefficient (Wildman–Crippen LogP) is 1.28. The van der Waals surface area contributed by atoms with E-state index in [4.69, 9.17) is 9.90 Å². The molecule has 0 spiro atoms. The average Bonchev–Trinajstić information content (AvgIpc) is 2.17. The molecule has 0 aliphatic carbocycles. The van der Waals surface area contributed by atoms with Gasteiger partial charge >= 0.3 is 0 Å². The number of pyridine rings is 1. The summed E-state index contributed by atoms with van der Waals surface area (Å²) in [5, 5.41) is 25.8. The summed E-state index contributed by atoms with van der Waals surface area (Å²) >= 11 is 0. The first-order chi connectivity index (χ1) is 7.34. The minimum Gasteiger partial charge on any atom is -0.481 e. The highest BCUT2D eigenvalue weighted by atomic mass is 16.4. The summed E-state index contributed by atoms with van der Waals surface area (Å²) in [5.41, 5.74) is 1.18. The largest absolute Gasteiger partial charge is 0.481 e. The van der Waals surface area contributed by atoms with Crippen LogP contribution in [0.4, 0.5) is 0 Å². The van der Waals surface area contributed by atoms with E-state index in [0.717, 1.165) is 6.92 Å². The number of nitrogens with zero attached hydrogens (tertiary/aromatic N) is 1. The molecule has 1 rings (SSSR count). The number of aromatic nitrogens is 1. The van der Waals surface area contributed by atoms with Crippen LogP contribution in [-0.4, -0.2) is 26.3 Å². The van der Waals surface area contributed by atoms with E-state index in [1.165, 1.54) is 0 Å². The maximum absolute atomic E-state index is 9.19. The second kappa shape index (κ2) is 6.92. The van der Waals surface area contributed by atoms with Gasteiger partial charge in [-0.2, -0.15) is 0 Å². The van der Waals surface area contributed by atoms with Crippen molar-refractivity contribution in [3.05, 3.63) is 29.6 Å². The number of aliphatic hydroxyl groups excluding tert-OH is 2. The molecular formula is C11H17NO4. The smallest absolute Gasteiger partial charge is 0.300 e. The molecule has 0 saturated carbocycles. The van der Waals surface area contributed by atoms with E-state index in [9.17, 15) is 10.2 Å². The van der Waals surface area contributed by atoms with E-state index in [1.54, 1.807) is 32.0 Å². The third-order valence-electron chi connectivity index (χ3n) is 1.65. The molecule has 1 aromatic rings. The zero-order chi connectivity index (χ0) is 12.7. The number of hydrogen-bond donors (Lipinski definition) is 3. The molecule has 0 bridgehead atoms. The summed E-state index contributed by atoms with van der Waals surface area (Å²) in [6, 6.07) is 5.24. The normalized spacial score (nSPS) is 13.3. The van der Waals surface area contributed by atoms with Crippen LogP contribution in [0.5, 0.6) is 0 Å². The minimum absolute atomic E-state index is 0.580. The molecule has 0 saturated heterocycles. The summed E-state index contributed by atoms with van der Waals surface area (Å²) in [4.78, 5) is 13.1. The van der Waals surface area contributed by atoms with Crippen LogP contribution in [0.25, 0.3) is 0 Å². The van der Waals surface area contributed by atoms with Gasteiger partial charge in [-0.25, -0.2) is 0 Å². The van der Waals surface area contributed by atoms with Crippen LogP contribution in [0.2, 0.25) is 0 Å². The molecule has 1 aromatic heterocycles. The van der Waals surface area contributed by atoms with E-state index < -0.39 is 18.2 Å². The van der Waals surface area contributed by atoms with Gasteiger partial charge in [-0.3, -0.25) is 9.78 Å². The van der Waals surface area contributed by atoms with Crippen molar-refractivity contribution in [2.45, 2.75) is 33.0 Å². The van der Waals surface area contributed by atoms with Crippen molar-refractivity contribution in [3.63, 3.8) is 0 Å². The molecule has 2 unspecified atom stereocenters. The molecule has 3 N–H and O–H groups in total. The van der Waals surface area contributed by atoms with E-state index in [1.807, 2.05) is 0 Å². The summed E-state index contributed by atoms with van der Waals surface area (Å²) < 4.78 is 0. The zero-order valence-corrected chi connectivity index (χ0v) is 9.58. The molecule has 0 aromatic carbocycles. The predicted molar refractivity (Wildman–Crippen MR) is 58.8 cm³/mol. The minimum atomic E-state index is -0.833. The second-order valence-corrected chi connectivity index (χ2v) is 3.36. The zero-order valence-electron chi connectivity index (χ0n) is 9.58. The summed E-state index contributed by atoms with van der Waals surface area (Å²) in [6.45, 7) is 4.38. The number of aliphatic hydroxyl groups is 2. The quantitative estimate of drug-likeness (QED) is 0.708. The Morgan fingerprint density at radius 3 is 1.75 bits per heavy atom. The molecule has 1 heterocycles. The lowest BCUT2D eigenvalue weighted by atomic mass is 10.2. The lowest BCUT2D eigenvalue weighted by Gasteiger charge is -2.07. The number of hydrogen-bond acceptors (Lipinski definition) is 4. The molecule has 0 aliphatic heterocycles. The molecule has 5 heteroatoms. The maximum Gasteiger partial charge on any atom is 0.300 e. The topological polar surface area (TPSA) is 90.7 Å². The molecule has 16 heavy (non-hydrogen) atoms. The number of rotatable bonds is 2. The molecule has 0 fully saturated rings. The van der Waals surface area contributed by atoms with Gasteiger partial charge < -0.3 is 15.3 Å². The fourth-order valence-corrected chi connectivity index (χ4v) is 0.934. The lowest BCUT2D eigenvalue weighted by molar-refractivity contribution is -0.134. The standard InChI is InChI=1S/C9H13NO2.C2H4O2/c1-6(11)8-4-3-5-9(10-8)7(2)12;1-2(3)4/h3-7,11-12H,1-2H3;1H3,(H,3,4). The van der Waals surface area contributed by atoms with Gasteiger partial charge in [0.1, 0.15) is 0 Å². The van der Waals surface area contributed by atoms with Crippen molar-refractivity contribution in [1.82, 2.24) is 4.98 Å². The Morgan fingerprint density at radius 2 is 1.50 bits per heavy atom. The fraction of sp³-hybridized carbons (Fsp3) is 0.455. The van der Waals surface area contributed by atoms with E-state index in [2.05, 4.69) is 4.98 Å². The van der Waals surface area contributed by atoms with Gasteiger partial charge in [0.25, 0.3) is 5.97 Å². The highest BCUT2D eigenvalue weighted by Gasteiger charge is 2.06. The Kier molecular flexibility index (Phi) is 6.29. The highest BCUT2D eigenvalue weighted by molar-refractivity contribution is 5.62. The Labute approximate surface area is 94.4 Å². The Hall–Kier alpha value is -1.46. The third kappa shape index (κ3) is 6.10. The van der Waals surface area contributed by atoms with Crippen molar-refractivity contribution in [2.24, 2.45) is 0 Å². The van der Waals surface area contributed by atoms with Gasteiger partial charge in [-0.15, -0.1) is 0 Å². The van der Waals surface area contributed by atoms with Gasteiger partial charge in [0, 0.05) is 6.92 Å². The van der Waals surface area contributed by atoms with Gasteiger partial charge in [0.15, 0.2) is 0 Å². The van der Waals surface area contributed by atoms with E-state index >= 15 is 0 Å². The number of aliphatic carboxylic acids is 1. The molecule has 2 atom stereocenters. The second-order valence-electron chi connectivity index (χ2n) is 3.36. The highest BCUT2D eigenvalue weighted by Crippen LogP contribution is 2.13. The fourth-order valence-electron chi connectivity index (χ4n) is 0.934. The Morgan fingerprint density at radius 1 is 1.19 bits per heavy atom. The first-order valence-corrected chi connectivity index (χ1v) is 4.87.